The Bertz CT molecular complexity index is 2050. The van der Waals surface area contributed by atoms with E-state index >= 15 is 0 Å². The number of aryl methyl sites for hydroxylation is 2. The Kier molecular flexibility index (Phi) is 9.85. The van der Waals surface area contributed by atoms with Gasteiger partial charge in [0.15, 0.2) is 0 Å². The van der Waals surface area contributed by atoms with Crippen LogP contribution in [0.25, 0.3) is 0 Å². The molecule has 48 heavy (non-hydrogen) atoms. The number of morpholine rings is 1. The van der Waals surface area contributed by atoms with Crippen LogP contribution in [-0.4, -0.2) is 54.2 Å². The summed E-state index contributed by atoms with van der Waals surface area (Å²) >= 11 is 0. The number of nitrogens with zero attached hydrogens (tertiary/aromatic N) is 8. The van der Waals surface area contributed by atoms with Crippen molar-refractivity contribution in [3.05, 3.63) is 114 Å². The Labute approximate surface area is 278 Å². The van der Waals surface area contributed by atoms with Crippen molar-refractivity contribution in [2.24, 2.45) is 20.5 Å². The minimum Gasteiger partial charge on any atom is -0.378 e. The van der Waals surface area contributed by atoms with Crippen molar-refractivity contribution in [1.82, 2.24) is 15.0 Å². The van der Waals surface area contributed by atoms with Crippen LogP contribution in [-0.2, 0) is 21.3 Å². The first-order valence-electron chi connectivity index (χ1n) is 15.2. The lowest BCUT2D eigenvalue weighted by molar-refractivity contribution is 0.122. The van der Waals surface area contributed by atoms with E-state index in [0.29, 0.717) is 61.8 Å². The molecule has 0 radical (unpaired) electrons. The van der Waals surface area contributed by atoms with Crippen LogP contribution in [0.1, 0.15) is 22.5 Å². The highest BCUT2D eigenvalue weighted by atomic mass is 32.2. The molecule has 244 valence electrons. The number of aromatic nitrogens is 3. The molecule has 2 N–H and O–H groups in total. The van der Waals surface area contributed by atoms with Gasteiger partial charge in [0, 0.05) is 25.2 Å². The Morgan fingerprint density at radius 1 is 0.750 bits per heavy atom. The number of ether oxygens (including phenoxy) is 1. The van der Waals surface area contributed by atoms with Gasteiger partial charge in [0.25, 0.3) is 10.1 Å². The monoisotopic (exact) mass is 663 g/mol. The fraction of sp³-hybridized carbons (Fsp3) is 0.206. The van der Waals surface area contributed by atoms with Crippen LogP contribution in [0, 0.1) is 13.8 Å². The molecule has 14 heteroatoms. The van der Waals surface area contributed by atoms with Gasteiger partial charge < -0.3 is 15.0 Å². The molecular weight excluding hydrogens is 630 g/mol. The first-order chi connectivity index (χ1) is 23.2. The average molecular weight is 664 g/mol. The van der Waals surface area contributed by atoms with Crippen LogP contribution >= 0.6 is 0 Å². The topological polar surface area (TPSA) is 167 Å². The summed E-state index contributed by atoms with van der Waals surface area (Å²) in [7, 11) is -4.27. The summed E-state index contributed by atoms with van der Waals surface area (Å²) in [6, 6.07) is 26.6. The van der Waals surface area contributed by atoms with Crippen LogP contribution in [0.2, 0.25) is 0 Å². The molecule has 13 nitrogen and oxygen atoms in total. The fourth-order valence-electron chi connectivity index (χ4n) is 4.83. The lowest BCUT2D eigenvalue weighted by Gasteiger charge is -2.27. The summed E-state index contributed by atoms with van der Waals surface area (Å²) in [5.41, 5.74) is 6.63. The Morgan fingerprint density at radius 3 is 1.92 bits per heavy atom. The van der Waals surface area contributed by atoms with E-state index in [4.69, 9.17) is 24.2 Å². The van der Waals surface area contributed by atoms with Crippen LogP contribution in [0.4, 0.5) is 40.3 Å². The van der Waals surface area contributed by atoms with E-state index in [1.54, 1.807) is 12.1 Å². The molecule has 0 amide bonds. The van der Waals surface area contributed by atoms with E-state index in [-0.39, 0.29) is 4.90 Å². The predicted molar refractivity (Wildman–Crippen MR) is 182 cm³/mol. The molecule has 0 unspecified atom stereocenters. The molecule has 4 aromatic carbocycles. The third-order valence-electron chi connectivity index (χ3n) is 7.49. The highest BCUT2D eigenvalue weighted by Gasteiger charge is 2.17. The van der Waals surface area contributed by atoms with Gasteiger partial charge in [-0.2, -0.15) is 43.8 Å². The molecule has 0 bridgehead atoms. The van der Waals surface area contributed by atoms with Gasteiger partial charge in [-0.25, -0.2) is 0 Å². The van der Waals surface area contributed by atoms with Gasteiger partial charge in [0.1, 0.15) is 5.82 Å². The quantitative estimate of drug-likeness (QED) is 0.112. The Morgan fingerprint density at radius 2 is 1.31 bits per heavy atom. The number of hydrogen-bond donors (Lipinski definition) is 2. The van der Waals surface area contributed by atoms with E-state index in [1.165, 1.54) is 29.8 Å². The first kappa shape index (κ1) is 32.5. The Hall–Kier alpha value is -5.44. The summed E-state index contributed by atoms with van der Waals surface area (Å²) in [5.74, 6) is 1.62. The van der Waals surface area contributed by atoms with Crippen molar-refractivity contribution < 1.29 is 17.7 Å². The van der Waals surface area contributed by atoms with Crippen LogP contribution in [0.5, 0.6) is 0 Å². The number of nitrogens with one attached hydrogen (secondary N) is 1. The molecule has 0 atom stereocenters. The van der Waals surface area contributed by atoms with Crippen molar-refractivity contribution in [3.63, 3.8) is 0 Å². The van der Waals surface area contributed by atoms with Crippen molar-refractivity contribution in [1.29, 1.82) is 0 Å². The van der Waals surface area contributed by atoms with Crippen molar-refractivity contribution in [3.8, 4) is 0 Å². The van der Waals surface area contributed by atoms with E-state index < -0.39 is 10.1 Å². The summed E-state index contributed by atoms with van der Waals surface area (Å²) in [6.07, 6.45) is 0.500. The van der Waals surface area contributed by atoms with Gasteiger partial charge in [-0.1, -0.05) is 23.8 Å². The summed E-state index contributed by atoms with van der Waals surface area (Å²) in [6.45, 7) is 6.64. The third-order valence-corrected chi connectivity index (χ3v) is 8.36. The molecule has 1 aliphatic heterocycles. The van der Waals surface area contributed by atoms with Gasteiger partial charge in [0.2, 0.25) is 11.9 Å². The molecule has 1 aliphatic rings. The second kappa shape index (κ2) is 14.5. The third kappa shape index (κ3) is 8.67. The molecule has 5 aromatic rings. The number of anilines is 3. The van der Waals surface area contributed by atoms with E-state index in [1.807, 2.05) is 68.4 Å². The second-order valence-corrected chi connectivity index (χ2v) is 12.6. The van der Waals surface area contributed by atoms with Crippen molar-refractivity contribution in [2.75, 3.05) is 36.5 Å². The molecule has 1 fully saturated rings. The molecule has 0 spiro atoms. The zero-order chi connectivity index (χ0) is 33.5. The lowest BCUT2D eigenvalue weighted by Crippen LogP contribution is -2.37. The molecule has 6 rings (SSSR count). The van der Waals surface area contributed by atoms with Crippen LogP contribution in [0.3, 0.4) is 0 Å². The van der Waals surface area contributed by atoms with Gasteiger partial charge >= 0.3 is 0 Å². The van der Waals surface area contributed by atoms with E-state index in [9.17, 15) is 8.42 Å². The fourth-order valence-corrected chi connectivity index (χ4v) is 5.31. The molecule has 1 saturated heterocycles. The summed E-state index contributed by atoms with van der Waals surface area (Å²) < 4.78 is 37.2. The maximum Gasteiger partial charge on any atom is 0.294 e. The molecular formula is C34H33N9O4S. The van der Waals surface area contributed by atoms with Gasteiger partial charge in [-0.15, -0.1) is 0 Å². The zero-order valence-corrected chi connectivity index (χ0v) is 27.2. The standard InChI is InChI=1S/C34H33N9O4S/c1-23-3-6-27(7-4-23)41-42-30-8-5-25(24(2)21-30)22-32-36-33(38-34(37-32)43-17-19-47-20-18-43)35-26-9-11-28(12-10-26)39-40-29-13-15-31(16-14-29)48(44,45)46/h3-16,21H,17-20,22H2,1-2H3,(H,44,45,46)(H,35,36,37,38). The minimum absolute atomic E-state index is 0.208. The molecule has 2 heterocycles. The number of hydrogen-bond acceptors (Lipinski definition) is 12. The number of rotatable bonds is 10. The summed E-state index contributed by atoms with van der Waals surface area (Å²) in [5, 5.41) is 20.4. The van der Waals surface area contributed by atoms with Crippen LogP contribution < -0.4 is 10.2 Å². The Balaban J connectivity index is 1.18. The predicted octanol–water partition coefficient (Wildman–Crippen LogP) is 7.74. The first-order valence-corrected chi connectivity index (χ1v) is 16.6. The van der Waals surface area contributed by atoms with E-state index in [0.717, 1.165) is 28.2 Å². The SMILES string of the molecule is Cc1ccc(N=Nc2ccc(Cc3nc(Nc4ccc(N=Nc5ccc(S(=O)(=O)O)cc5)cc4)nc(N4CCOCC4)n3)c(C)c2)cc1. The smallest absolute Gasteiger partial charge is 0.294 e. The highest BCUT2D eigenvalue weighted by molar-refractivity contribution is 7.85. The van der Waals surface area contributed by atoms with Gasteiger partial charge in [0.05, 0.1) is 40.9 Å². The molecule has 1 aromatic heterocycles. The molecule has 0 saturated carbocycles. The minimum atomic E-state index is -4.27. The number of azo groups is 2. The molecule has 0 aliphatic carbocycles. The van der Waals surface area contributed by atoms with Crippen molar-refractivity contribution >= 4 is 50.5 Å². The normalized spacial score (nSPS) is 13.8. The van der Waals surface area contributed by atoms with E-state index in [2.05, 4.69) is 30.7 Å². The van der Waals surface area contributed by atoms with Crippen molar-refractivity contribution in [2.45, 2.75) is 25.2 Å². The van der Waals surface area contributed by atoms with Gasteiger partial charge in [-0.05, 0) is 97.8 Å². The highest BCUT2D eigenvalue weighted by Crippen LogP contribution is 2.26. The van der Waals surface area contributed by atoms with Gasteiger partial charge in [-0.3, -0.25) is 4.55 Å². The maximum atomic E-state index is 11.2. The number of benzene rings is 4. The summed E-state index contributed by atoms with van der Waals surface area (Å²) in [4.78, 5) is 16.2. The zero-order valence-electron chi connectivity index (χ0n) is 26.4. The second-order valence-electron chi connectivity index (χ2n) is 11.1. The largest absolute Gasteiger partial charge is 0.378 e. The average Bonchev–Trinajstić information content (AvgIpc) is 3.09. The lowest BCUT2D eigenvalue weighted by atomic mass is 10.0. The maximum absolute atomic E-state index is 11.2. The van der Waals surface area contributed by atoms with Crippen LogP contribution in [0.15, 0.2) is 116 Å².